The smallest absolute Gasteiger partial charge is 0.199 e. The lowest BCUT2D eigenvalue weighted by molar-refractivity contribution is 0.235. The zero-order valence-corrected chi connectivity index (χ0v) is 10.8. The van der Waals surface area contributed by atoms with Gasteiger partial charge in [-0.25, -0.2) is 0 Å². The molecule has 2 aromatic rings. The maximum absolute atomic E-state index is 9.09. The SMILES string of the molecule is ON/C(=N/C(=S)Nc1ccccc1)c1ccccn1. The summed E-state index contributed by atoms with van der Waals surface area (Å²) in [6.45, 7) is 0. The molecule has 0 fully saturated rings. The van der Waals surface area contributed by atoms with Gasteiger partial charge in [0.25, 0.3) is 0 Å². The number of rotatable bonds is 2. The third-order valence-electron chi connectivity index (χ3n) is 2.25. The summed E-state index contributed by atoms with van der Waals surface area (Å²) < 4.78 is 0. The molecule has 0 unspecified atom stereocenters. The van der Waals surface area contributed by atoms with E-state index >= 15 is 0 Å². The number of hydrogen-bond acceptors (Lipinski definition) is 3. The Hall–Kier alpha value is -2.31. The molecule has 0 bridgehead atoms. The fraction of sp³-hybridized carbons (Fsp3) is 0. The Morgan fingerprint density at radius 3 is 2.47 bits per heavy atom. The molecule has 6 heteroatoms. The van der Waals surface area contributed by atoms with Crippen LogP contribution in [0.1, 0.15) is 5.69 Å². The molecule has 0 radical (unpaired) electrons. The van der Waals surface area contributed by atoms with Gasteiger partial charge in [0.05, 0.1) is 0 Å². The van der Waals surface area contributed by atoms with E-state index in [1.807, 2.05) is 35.8 Å². The molecule has 0 saturated heterocycles. The molecule has 0 spiro atoms. The largest absolute Gasteiger partial charge is 0.331 e. The van der Waals surface area contributed by atoms with Crippen LogP contribution in [0.15, 0.2) is 59.7 Å². The number of amidine groups is 1. The summed E-state index contributed by atoms with van der Waals surface area (Å²) in [5.41, 5.74) is 3.33. The Kier molecular flexibility index (Phi) is 4.54. The number of thiocarbonyl (C=S) groups is 1. The van der Waals surface area contributed by atoms with Gasteiger partial charge >= 0.3 is 0 Å². The van der Waals surface area contributed by atoms with Crippen LogP contribution >= 0.6 is 12.2 Å². The number of aliphatic imine (C=N–C) groups is 1. The number of hydroxylamine groups is 1. The van der Waals surface area contributed by atoms with Gasteiger partial charge < -0.3 is 5.32 Å². The third kappa shape index (κ3) is 3.84. The Morgan fingerprint density at radius 2 is 1.84 bits per heavy atom. The lowest BCUT2D eigenvalue weighted by atomic mass is 10.3. The highest BCUT2D eigenvalue weighted by atomic mass is 32.1. The Bertz CT molecular complexity index is 572. The van der Waals surface area contributed by atoms with Crippen LogP contribution in [0.2, 0.25) is 0 Å². The first-order chi connectivity index (χ1) is 9.29. The van der Waals surface area contributed by atoms with Gasteiger partial charge in [-0.2, -0.15) is 4.99 Å². The first kappa shape index (κ1) is 13.1. The summed E-state index contributed by atoms with van der Waals surface area (Å²) >= 11 is 5.10. The predicted molar refractivity (Wildman–Crippen MR) is 78.4 cm³/mol. The van der Waals surface area contributed by atoms with Gasteiger partial charge in [-0.15, -0.1) is 0 Å². The second-order valence-corrected chi connectivity index (χ2v) is 3.97. The molecule has 0 saturated carbocycles. The number of para-hydroxylation sites is 1. The number of nitrogens with one attached hydrogen (secondary N) is 2. The van der Waals surface area contributed by atoms with Gasteiger partial charge in [-0.3, -0.25) is 15.7 Å². The van der Waals surface area contributed by atoms with E-state index in [1.165, 1.54) is 0 Å². The van der Waals surface area contributed by atoms with E-state index in [9.17, 15) is 0 Å². The van der Waals surface area contributed by atoms with Crippen LogP contribution in [-0.2, 0) is 0 Å². The molecule has 0 aliphatic carbocycles. The Morgan fingerprint density at radius 1 is 1.11 bits per heavy atom. The molecule has 0 aliphatic heterocycles. The van der Waals surface area contributed by atoms with Crippen LogP contribution in [0, 0.1) is 0 Å². The highest BCUT2D eigenvalue weighted by molar-refractivity contribution is 7.80. The number of anilines is 1. The fourth-order valence-corrected chi connectivity index (χ4v) is 1.63. The molecular weight excluding hydrogens is 260 g/mol. The molecule has 3 N–H and O–H groups in total. The minimum atomic E-state index is 0.189. The quantitative estimate of drug-likeness (QED) is 0.338. The number of aromatic nitrogens is 1. The molecular formula is C13H12N4OS. The van der Waals surface area contributed by atoms with Crippen LogP contribution in [-0.4, -0.2) is 21.1 Å². The maximum Gasteiger partial charge on any atom is 0.199 e. The van der Waals surface area contributed by atoms with Crippen molar-refractivity contribution >= 4 is 28.9 Å². The van der Waals surface area contributed by atoms with Crippen LogP contribution in [0.5, 0.6) is 0 Å². The summed E-state index contributed by atoms with van der Waals surface area (Å²) in [5.74, 6) is 0.189. The molecule has 0 aliphatic rings. The van der Waals surface area contributed by atoms with Crippen LogP contribution in [0.3, 0.4) is 0 Å². The molecule has 1 aromatic heterocycles. The summed E-state index contributed by atoms with van der Waals surface area (Å²) in [6, 6.07) is 14.7. The highest BCUT2D eigenvalue weighted by Crippen LogP contribution is 2.06. The van der Waals surface area contributed by atoms with Crippen molar-refractivity contribution in [1.29, 1.82) is 0 Å². The third-order valence-corrected chi connectivity index (χ3v) is 2.45. The van der Waals surface area contributed by atoms with Gasteiger partial charge in [0.2, 0.25) is 0 Å². The molecule has 0 atom stereocenters. The van der Waals surface area contributed by atoms with E-state index in [-0.39, 0.29) is 10.9 Å². The summed E-state index contributed by atoms with van der Waals surface area (Å²) in [4.78, 5) is 8.14. The van der Waals surface area contributed by atoms with Crippen molar-refractivity contribution in [3.63, 3.8) is 0 Å². The Labute approximate surface area is 116 Å². The molecule has 1 aromatic carbocycles. The van der Waals surface area contributed by atoms with Crippen LogP contribution in [0.4, 0.5) is 5.69 Å². The monoisotopic (exact) mass is 272 g/mol. The van der Waals surface area contributed by atoms with Crippen LogP contribution in [0.25, 0.3) is 0 Å². The van der Waals surface area contributed by atoms with Crippen molar-refractivity contribution in [2.24, 2.45) is 4.99 Å². The van der Waals surface area contributed by atoms with E-state index in [0.29, 0.717) is 5.69 Å². The van der Waals surface area contributed by atoms with E-state index < -0.39 is 0 Å². The summed E-state index contributed by atoms with van der Waals surface area (Å²) in [7, 11) is 0. The standard InChI is InChI=1S/C13H12N4OS/c18-17-12(11-8-4-5-9-14-11)16-13(19)15-10-6-2-1-3-7-10/h1-9,18H,(H2,15,16,17,19). The van der Waals surface area contributed by atoms with Crippen molar-refractivity contribution in [2.75, 3.05) is 5.32 Å². The average molecular weight is 272 g/mol. The van der Waals surface area contributed by atoms with Crippen molar-refractivity contribution in [1.82, 2.24) is 10.5 Å². The van der Waals surface area contributed by atoms with Crippen molar-refractivity contribution in [2.45, 2.75) is 0 Å². The van der Waals surface area contributed by atoms with Crippen molar-refractivity contribution < 1.29 is 5.21 Å². The zero-order valence-electron chi connectivity index (χ0n) is 9.95. The van der Waals surface area contributed by atoms with Crippen LogP contribution < -0.4 is 10.8 Å². The van der Waals surface area contributed by atoms with E-state index in [1.54, 1.807) is 24.4 Å². The molecule has 1 heterocycles. The topological polar surface area (TPSA) is 69.5 Å². The first-order valence-electron chi connectivity index (χ1n) is 5.56. The number of nitrogens with zero attached hydrogens (tertiary/aromatic N) is 2. The fourth-order valence-electron chi connectivity index (χ4n) is 1.42. The van der Waals surface area contributed by atoms with Crippen molar-refractivity contribution in [3.05, 3.63) is 60.4 Å². The van der Waals surface area contributed by atoms with Crippen molar-refractivity contribution in [3.8, 4) is 0 Å². The minimum absolute atomic E-state index is 0.189. The number of pyridine rings is 1. The van der Waals surface area contributed by atoms with Gasteiger partial charge in [0, 0.05) is 11.9 Å². The molecule has 5 nitrogen and oxygen atoms in total. The Balaban J connectivity index is 2.13. The van der Waals surface area contributed by atoms with Gasteiger partial charge in [0.15, 0.2) is 10.9 Å². The molecule has 2 rings (SSSR count). The molecule has 96 valence electrons. The number of hydrogen-bond donors (Lipinski definition) is 3. The second-order valence-electron chi connectivity index (χ2n) is 3.58. The molecule has 19 heavy (non-hydrogen) atoms. The highest BCUT2D eigenvalue weighted by Gasteiger charge is 2.04. The maximum atomic E-state index is 9.09. The van der Waals surface area contributed by atoms with Gasteiger partial charge in [-0.05, 0) is 36.5 Å². The second kappa shape index (κ2) is 6.58. The predicted octanol–water partition coefficient (Wildman–Crippen LogP) is 2.20. The van der Waals surface area contributed by atoms with E-state index in [0.717, 1.165) is 5.69 Å². The average Bonchev–Trinajstić information content (AvgIpc) is 2.47. The molecule has 0 amide bonds. The van der Waals surface area contributed by atoms with Gasteiger partial charge in [-0.1, -0.05) is 24.3 Å². The summed E-state index contributed by atoms with van der Waals surface area (Å²) in [6.07, 6.45) is 1.61. The first-order valence-corrected chi connectivity index (χ1v) is 5.96. The zero-order chi connectivity index (χ0) is 13.5. The summed E-state index contributed by atoms with van der Waals surface area (Å²) in [5, 5.41) is 12.3. The van der Waals surface area contributed by atoms with Gasteiger partial charge in [0.1, 0.15) is 5.69 Å². The lowest BCUT2D eigenvalue weighted by Gasteiger charge is -2.06. The minimum Gasteiger partial charge on any atom is -0.331 e. The normalized spacial score (nSPS) is 10.9. The number of benzene rings is 1. The lowest BCUT2D eigenvalue weighted by Crippen LogP contribution is -2.24. The van der Waals surface area contributed by atoms with E-state index in [4.69, 9.17) is 17.4 Å². The van der Waals surface area contributed by atoms with E-state index in [2.05, 4.69) is 15.3 Å².